The number of hydrogen-bond donors (Lipinski definition) is 0. The van der Waals surface area contributed by atoms with Crippen LogP contribution in [0.4, 0.5) is 0 Å². The zero-order chi connectivity index (χ0) is 19.4. The molecule has 0 saturated carbocycles. The first-order valence-corrected chi connectivity index (χ1v) is 9.23. The maximum Gasteiger partial charge on any atom is 0.258 e. The van der Waals surface area contributed by atoms with E-state index in [-0.39, 0.29) is 5.54 Å². The van der Waals surface area contributed by atoms with Crippen LogP contribution < -0.4 is 4.74 Å². The Kier molecular flexibility index (Phi) is 5.56. The number of ether oxygens (including phenoxy) is 1. The van der Waals surface area contributed by atoms with E-state index < -0.39 is 0 Å². The van der Waals surface area contributed by atoms with Crippen LogP contribution in [0.25, 0.3) is 16.9 Å². The van der Waals surface area contributed by atoms with Crippen LogP contribution in [-0.4, -0.2) is 44.5 Å². The van der Waals surface area contributed by atoms with Gasteiger partial charge in [-0.1, -0.05) is 13.0 Å². The number of imidazole rings is 1. The molecule has 0 aromatic carbocycles. The van der Waals surface area contributed by atoms with E-state index in [9.17, 15) is 0 Å². The van der Waals surface area contributed by atoms with Gasteiger partial charge in [0.15, 0.2) is 0 Å². The number of pyridine rings is 1. The first kappa shape index (κ1) is 19.0. The number of aromatic nitrogens is 4. The molecule has 6 nitrogen and oxygen atoms in total. The van der Waals surface area contributed by atoms with Gasteiger partial charge in [-0.05, 0) is 46.0 Å². The van der Waals surface area contributed by atoms with Crippen molar-refractivity contribution in [2.45, 2.75) is 32.7 Å². The zero-order valence-electron chi connectivity index (χ0n) is 16.5. The van der Waals surface area contributed by atoms with Gasteiger partial charge in [0.05, 0.1) is 23.5 Å². The smallest absolute Gasteiger partial charge is 0.258 e. The molecule has 0 spiro atoms. The van der Waals surface area contributed by atoms with Crippen LogP contribution >= 0.6 is 0 Å². The molecule has 0 saturated heterocycles. The Hall–Kier alpha value is -2.73. The number of hydrogen-bond acceptors (Lipinski definition) is 5. The lowest BCUT2D eigenvalue weighted by molar-refractivity contribution is 0.160. The first-order chi connectivity index (χ1) is 13.0. The van der Waals surface area contributed by atoms with E-state index in [1.807, 2.05) is 35.1 Å². The van der Waals surface area contributed by atoms with Crippen LogP contribution in [0.2, 0.25) is 0 Å². The summed E-state index contributed by atoms with van der Waals surface area (Å²) < 4.78 is 7.78. The predicted molar refractivity (Wildman–Crippen MR) is 108 cm³/mol. The van der Waals surface area contributed by atoms with Gasteiger partial charge < -0.3 is 9.14 Å². The van der Waals surface area contributed by atoms with Gasteiger partial charge in [0.25, 0.3) is 5.88 Å². The third kappa shape index (κ3) is 3.85. The van der Waals surface area contributed by atoms with Crippen LogP contribution in [0.5, 0.6) is 5.88 Å². The predicted octanol–water partition coefficient (Wildman–Crippen LogP) is 3.93. The van der Waals surface area contributed by atoms with Crippen LogP contribution in [-0.2, 0) is 5.54 Å². The molecule has 0 aliphatic heterocycles. The van der Waals surface area contributed by atoms with Gasteiger partial charge in [0.1, 0.15) is 0 Å². The highest BCUT2D eigenvalue weighted by Crippen LogP contribution is 2.29. The van der Waals surface area contributed by atoms with Gasteiger partial charge >= 0.3 is 0 Å². The van der Waals surface area contributed by atoms with E-state index in [2.05, 4.69) is 55.3 Å². The Bertz CT molecular complexity index is 931. The summed E-state index contributed by atoms with van der Waals surface area (Å²) in [6, 6.07) is 4.08. The minimum absolute atomic E-state index is 0.173. The average molecular weight is 365 g/mol. The van der Waals surface area contributed by atoms with Crippen molar-refractivity contribution in [1.29, 1.82) is 0 Å². The summed E-state index contributed by atoms with van der Waals surface area (Å²) in [5.41, 5.74) is 3.37. The standard InChI is InChI=1S/C21H27N5O/c1-6-8-13-27-20-19-23-11-12-26(19)15-17(24-20)16-9-10-22-18(14-16)21(3,4)25(5)7-2/h6,9-12,14-15H,1,7-8,13H2,2-5H3. The second-order valence-corrected chi connectivity index (χ2v) is 7.02. The highest BCUT2D eigenvalue weighted by atomic mass is 16.5. The Labute approximate surface area is 160 Å². The van der Waals surface area contributed by atoms with Gasteiger partial charge in [0, 0.05) is 30.4 Å². The quantitative estimate of drug-likeness (QED) is 0.447. The molecule has 3 aromatic heterocycles. The number of nitrogens with zero attached hydrogens (tertiary/aromatic N) is 5. The van der Waals surface area contributed by atoms with Crippen molar-refractivity contribution in [1.82, 2.24) is 24.3 Å². The van der Waals surface area contributed by atoms with Crippen LogP contribution in [0.15, 0.2) is 49.6 Å². The van der Waals surface area contributed by atoms with Crippen molar-refractivity contribution in [3.63, 3.8) is 0 Å². The Balaban J connectivity index is 2.02. The molecule has 0 aliphatic rings. The van der Waals surface area contributed by atoms with Crippen molar-refractivity contribution >= 4 is 5.65 Å². The summed E-state index contributed by atoms with van der Waals surface area (Å²) in [5.74, 6) is 0.530. The molecule has 142 valence electrons. The molecule has 0 fully saturated rings. The molecule has 3 rings (SSSR count). The molecule has 0 N–H and O–H groups in total. The van der Waals surface area contributed by atoms with Gasteiger partial charge in [-0.15, -0.1) is 6.58 Å². The average Bonchev–Trinajstić information content (AvgIpc) is 3.16. The minimum atomic E-state index is -0.173. The van der Waals surface area contributed by atoms with E-state index in [1.54, 1.807) is 6.20 Å². The van der Waals surface area contributed by atoms with Crippen LogP contribution in [0.1, 0.15) is 32.9 Å². The van der Waals surface area contributed by atoms with E-state index >= 15 is 0 Å². The van der Waals surface area contributed by atoms with Crippen molar-refractivity contribution in [2.24, 2.45) is 0 Å². The van der Waals surface area contributed by atoms with Crippen LogP contribution in [0.3, 0.4) is 0 Å². The lowest BCUT2D eigenvalue weighted by Gasteiger charge is -2.34. The Morgan fingerprint density at radius 1 is 1.30 bits per heavy atom. The molecule has 0 unspecified atom stereocenters. The molecule has 27 heavy (non-hydrogen) atoms. The summed E-state index contributed by atoms with van der Waals surface area (Å²) in [4.78, 5) is 16.0. The van der Waals surface area contributed by atoms with Crippen molar-refractivity contribution in [2.75, 3.05) is 20.2 Å². The lowest BCUT2D eigenvalue weighted by Crippen LogP contribution is -2.39. The monoisotopic (exact) mass is 365 g/mol. The fraction of sp³-hybridized carbons (Fsp3) is 0.381. The fourth-order valence-electron chi connectivity index (χ4n) is 2.89. The summed E-state index contributed by atoms with van der Waals surface area (Å²) in [6.07, 6.45) is 10.0. The number of rotatable bonds is 8. The molecule has 6 heteroatoms. The Morgan fingerprint density at radius 2 is 2.11 bits per heavy atom. The minimum Gasteiger partial charge on any atom is -0.475 e. The van der Waals surface area contributed by atoms with E-state index in [0.29, 0.717) is 18.1 Å². The van der Waals surface area contributed by atoms with E-state index in [1.165, 1.54) is 0 Å². The third-order valence-electron chi connectivity index (χ3n) is 5.02. The summed E-state index contributed by atoms with van der Waals surface area (Å²) in [7, 11) is 2.11. The molecule has 3 heterocycles. The van der Waals surface area contributed by atoms with Gasteiger partial charge in [-0.25, -0.2) is 9.97 Å². The highest BCUT2D eigenvalue weighted by molar-refractivity contribution is 5.63. The van der Waals surface area contributed by atoms with Crippen molar-refractivity contribution in [3.05, 3.63) is 55.3 Å². The number of fused-ring (bicyclic) bond motifs is 1. The second kappa shape index (κ2) is 7.88. The molecular formula is C21H27N5O. The van der Waals surface area contributed by atoms with Gasteiger partial charge in [-0.3, -0.25) is 9.88 Å². The Morgan fingerprint density at radius 3 is 2.85 bits per heavy atom. The van der Waals surface area contributed by atoms with E-state index in [0.717, 1.165) is 29.9 Å². The normalized spacial score (nSPS) is 11.9. The molecule has 3 aromatic rings. The maximum atomic E-state index is 5.84. The van der Waals surface area contributed by atoms with Gasteiger partial charge in [0.2, 0.25) is 5.65 Å². The largest absolute Gasteiger partial charge is 0.475 e. The highest BCUT2D eigenvalue weighted by Gasteiger charge is 2.26. The van der Waals surface area contributed by atoms with Crippen LogP contribution in [0, 0.1) is 0 Å². The van der Waals surface area contributed by atoms with Crippen molar-refractivity contribution < 1.29 is 4.74 Å². The summed E-state index contributed by atoms with van der Waals surface area (Å²) in [5, 5.41) is 0. The zero-order valence-corrected chi connectivity index (χ0v) is 16.5. The molecule has 0 aliphatic carbocycles. The molecule has 0 atom stereocenters. The molecule has 0 amide bonds. The lowest BCUT2D eigenvalue weighted by atomic mass is 9.96. The first-order valence-electron chi connectivity index (χ1n) is 9.23. The molecular weight excluding hydrogens is 338 g/mol. The molecule has 0 bridgehead atoms. The van der Waals surface area contributed by atoms with Gasteiger partial charge in [-0.2, -0.15) is 0 Å². The molecule has 0 radical (unpaired) electrons. The fourth-order valence-corrected chi connectivity index (χ4v) is 2.89. The maximum absolute atomic E-state index is 5.84. The third-order valence-corrected chi connectivity index (χ3v) is 5.02. The SMILES string of the molecule is C=CCCOc1nc(-c2ccnc(C(C)(C)N(C)CC)c2)cn2ccnc12. The van der Waals surface area contributed by atoms with Crippen molar-refractivity contribution in [3.8, 4) is 17.1 Å². The topological polar surface area (TPSA) is 55.6 Å². The van der Waals surface area contributed by atoms with E-state index in [4.69, 9.17) is 9.72 Å². The second-order valence-electron chi connectivity index (χ2n) is 7.02. The summed E-state index contributed by atoms with van der Waals surface area (Å²) >= 11 is 0. The summed E-state index contributed by atoms with van der Waals surface area (Å²) in [6.45, 7) is 11.7.